The van der Waals surface area contributed by atoms with E-state index in [1.54, 1.807) is 10.9 Å². The topological polar surface area (TPSA) is 99.2 Å². The molecule has 1 aliphatic carbocycles. The van der Waals surface area contributed by atoms with Gasteiger partial charge in [-0.25, -0.2) is 8.42 Å². The van der Waals surface area contributed by atoms with Gasteiger partial charge in [-0.15, -0.1) is 0 Å². The standard InChI is InChI=1S/C17H20N4O4S/c1-3-12-9-15(12)26(22,23)20-17-16-13(24-2)7-11(8-14(16)25-19-17)10-21-6-4-5-18-21/h4-8,12,15H,3,9-10H2,1-2H3,(H,19,20)/t12?,15-/m0/s1. The highest BCUT2D eigenvalue weighted by Crippen LogP contribution is 2.41. The molecule has 26 heavy (non-hydrogen) atoms. The molecule has 1 unspecified atom stereocenters. The second-order valence-corrected chi connectivity index (χ2v) is 8.40. The first kappa shape index (κ1) is 16.9. The molecule has 0 spiro atoms. The van der Waals surface area contributed by atoms with Crippen LogP contribution >= 0.6 is 0 Å². The van der Waals surface area contributed by atoms with Gasteiger partial charge < -0.3 is 9.26 Å². The number of hydrogen-bond acceptors (Lipinski definition) is 6. The van der Waals surface area contributed by atoms with Gasteiger partial charge in [-0.2, -0.15) is 5.10 Å². The summed E-state index contributed by atoms with van der Waals surface area (Å²) in [6.07, 6.45) is 5.10. The second-order valence-electron chi connectivity index (χ2n) is 6.50. The van der Waals surface area contributed by atoms with Crippen LogP contribution < -0.4 is 9.46 Å². The summed E-state index contributed by atoms with van der Waals surface area (Å²) in [5.74, 6) is 0.893. The van der Waals surface area contributed by atoms with E-state index in [4.69, 9.17) is 9.26 Å². The van der Waals surface area contributed by atoms with Crippen molar-refractivity contribution in [2.75, 3.05) is 11.8 Å². The zero-order chi connectivity index (χ0) is 18.3. The smallest absolute Gasteiger partial charge is 0.237 e. The summed E-state index contributed by atoms with van der Waals surface area (Å²) >= 11 is 0. The minimum absolute atomic E-state index is 0.171. The molecule has 2 atom stereocenters. The van der Waals surface area contributed by atoms with Gasteiger partial charge in [0.1, 0.15) is 11.1 Å². The first-order valence-corrected chi connectivity index (χ1v) is 10.0. The van der Waals surface area contributed by atoms with E-state index in [0.29, 0.717) is 29.7 Å². The molecule has 1 N–H and O–H groups in total. The molecule has 1 aromatic carbocycles. The Balaban J connectivity index is 1.67. The van der Waals surface area contributed by atoms with Crippen LogP contribution in [0.1, 0.15) is 25.3 Å². The Labute approximate surface area is 151 Å². The van der Waals surface area contributed by atoms with Gasteiger partial charge in [-0.05, 0) is 36.1 Å². The number of anilines is 1. The fraction of sp³-hybridized carbons (Fsp3) is 0.412. The SMILES string of the molecule is CCC1C[C@@H]1S(=O)(=O)Nc1noc2cc(Cn3cccn3)cc(OC)c12. The Hall–Kier alpha value is -2.55. The molecule has 0 saturated heterocycles. The number of benzene rings is 1. The largest absolute Gasteiger partial charge is 0.496 e. The molecule has 0 amide bonds. The number of fused-ring (bicyclic) bond motifs is 1. The van der Waals surface area contributed by atoms with Crippen LogP contribution in [-0.4, -0.2) is 35.7 Å². The molecular formula is C17H20N4O4S. The summed E-state index contributed by atoms with van der Waals surface area (Å²) in [5.41, 5.74) is 1.38. The summed E-state index contributed by atoms with van der Waals surface area (Å²) in [7, 11) is -1.95. The van der Waals surface area contributed by atoms with E-state index in [-0.39, 0.29) is 17.0 Å². The lowest BCUT2D eigenvalue weighted by molar-refractivity contribution is 0.418. The van der Waals surface area contributed by atoms with Gasteiger partial charge in [0.25, 0.3) is 0 Å². The number of rotatable bonds is 7. The van der Waals surface area contributed by atoms with Gasteiger partial charge in [-0.3, -0.25) is 9.40 Å². The van der Waals surface area contributed by atoms with Crippen LogP contribution in [0.2, 0.25) is 0 Å². The van der Waals surface area contributed by atoms with E-state index < -0.39 is 10.0 Å². The first-order valence-electron chi connectivity index (χ1n) is 8.47. The van der Waals surface area contributed by atoms with Crippen molar-refractivity contribution in [3.8, 4) is 5.75 Å². The van der Waals surface area contributed by atoms with Crippen molar-refractivity contribution in [2.24, 2.45) is 5.92 Å². The van der Waals surface area contributed by atoms with Crippen molar-refractivity contribution in [1.82, 2.24) is 14.9 Å². The van der Waals surface area contributed by atoms with Crippen LogP contribution in [0.4, 0.5) is 5.82 Å². The average molecular weight is 376 g/mol. The van der Waals surface area contributed by atoms with E-state index >= 15 is 0 Å². The fourth-order valence-electron chi connectivity index (χ4n) is 3.23. The minimum atomic E-state index is -3.48. The average Bonchev–Trinajstić information content (AvgIpc) is 3.10. The van der Waals surface area contributed by atoms with E-state index in [1.165, 1.54) is 7.11 Å². The first-order chi connectivity index (χ1) is 12.5. The van der Waals surface area contributed by atoms with Crippen molar-refractivity contribution < 1.29 is 17.7 Å². The Morgan fingerprint density at radius 2 is 2.27 bits per heavy atom. The third kappa shape index (κ3) is 3.03. The zero-order valence-electron chi connectivity index (χ0n) is 14.5. The third-order valence-electron chi connectivity index (χ3n) is 4.74. The molecule has 4 rings (SSSR count). The molecule has 8 nitrogen and oxygen atoms in total. The summed E-state index contributed by atoms with van der Waals surface area (Å²) in [4.78, 5) is 0. The van der Waals surface area contributed by atoms with Crippen molar-refractivity contribution in [3.63, 3.8) is 0 Å². The van der Waals surface area contributed by atoms with E-state index in [0.717, 1.165) is 12.0 Å². The van der Waals surface area contributed by atoms with Crippen molar-refractivity contribution in [3.05, 3.63) is 36.2 Å². The second kappa shape index (κ2) is 6.31. The highest BCUT2D eigenvalue weighted by Gasteiger charge is 2.46. The maximum absolute atomic E-state index is 12.5. The van der Waals surface area contributed by atoms with Crippen LogP contribution in [0.15, 0.2) is 35.1 Å². The molecule has 0 bridgehead atoms. The molecule has 2 aromatic heterocycles. The Kier molecular flexibility index (Phi) is 4.10. The van der Waals surface area contributed by atoms with Crippen LogP contribution in [0, 0.1) is 5.92 Å². The normalized spacial score (nSPS) is 19.6. The van der Waals surface area contributed by atoms with E-state index in [1.807, 2.05) is 31.3 Å². The highest BCUT2D eigenvalue weighted by molar-refractivity contribution is 7.93. The van der Waals surface area contributed by atoms with Crippen molar-refractivity contribution >= 4 is 26.8 Å². The summed E-state index contributed by atoms with van der Waals surface area (Å²) in [6, 6.07) is 5.50. The molecule has 1 fully saturated rings. The van der Waals surface area contributed by atoms with Gasteiger partial charge >= 0.3 is 0 Å². The molecule has 9 heteroatoms. The lowest BCUT2D eigenvalue weighted by Gasteiger charge is -2.08. The van der Waals surface area contributed by atoms with Crippen LogP contribution in [0.25, 0.3) is 11.0 Å². The molecule has 3 aromatic rings. The number of aromatic nitrogens is 3. The van der Waals surface area contributed by atoms with Gasteiger partial charge in [-0.1, -0.05) is 18.5 Å². The van der Waals surface area contributed by atoms with Gasteiger partial charge in [0, 0.05) is 12.4 Å². The number of nitrogens with one attached hydrogen (secondary N) is 1. The Morgan fingerprint density at radius 3 is 2.92 bits per heavy atom. The van der Waals surface area contributed by atoms with E-state index in [2.05, 4.69) is 15.0 Å². The number of sulfonamides is 1. The lowest BCUT2D eigenvalue weighted by atomic mass is 10.1. The quantitative estimate of drug-likeness (QED) is 0.680. The monoisotopic (exact) mass is 376 g/mol. The number of methoxy groups -OCH3 is 1. The maximum atomic E-state index is 12.5. The molecule has 0 aliphatic heterocycles. The molecule has 1 saturated carbocycles. The fourth-order valence-corrected chi connectivity index (χ4v) is 4.99. The number of hydrogen-bond donors (Lipinski definition) is 1. The minimum Gasteiger partial charge on any atom is -0.496 e. The van der Waals surface area contributed by atoms with Crippen molar-refractivity contribution in [1.29, 1.82) is 0 Å². The Bertz CT molecular complexity index is 1030. The van der Waals surface area contributed by atoms with E-state index in [9.17, 15) is 8.42 Å². The molecular weight excluding hydrogens is 356 g/mol. The summed E-state index contributed by atoms with van der Waals surface area (Å²) < 4.78 is 40.2. The van der Waals surface area contributed by atoms with Gasteiger partial charge in [0.05, 0.1) is 18.9 Å². The summed E-state index contributed by atoms with van der Waals surface area (Å²) in [5, 5.41) is 8.27. The van der Waals surface area contributed by atoms with Crippen LogP contribution in [-0.2, 0) is 16.6 Å². The van der Waals surface area contributed by atoms with Gasteiger partial charge in [0.2, 0.25) is 10.0 Å². The van der Waals surface area contributed by atoms with Crippen molar-refractivity contribution in [2.45, 2.75) is 31.6 Å². The summed E-state index contributed by atoms with van der Waals surface area (Å²) in [6.45, 7) is 2.54. The number of nitrogens with zero attached hydrogens (tertiary/aromatic N) is 3. The molecule has 2 heterocycles. The molecule has 1 aliphatic rings. The third-order valence-corrected chi connectivity index (χ3v) is 6.59. The van der Waals surface area contributed by atoms with Gasteiger partial charge in [0.15, 0.2) is 11.4 Å². The zero-order valence-corrected chi connectivity index (χ0v) is 15.4. The number of ether oxygens (including phenoxy) is 1. The molecule has 138 valence electrons. The highest BCUT2D eigenvalue weighted by atomic mass is 32.2. The predicted molar refractivity (Wildman–Crippen MR) is 96.6 cm³/mol. The Morgan fingerprint density at radius 1 is 1.42 bits per heavy atom. The predicted octanol–water partition coefficient (Wildman–Crippen LogP) is 2.62. The maximum Gasteiger partial charge on any atom is 0.237 e. The van der Waals surface area contributed by atoms with Crippen LogP contribution in [0.3, 0.4) is 0 Å². The molecule has 0 radical (unpaired) electrons. The lowest BCUT2D eigenvalue weighted by Crippen LogP contribution is -2.19. The van der Waals surface area contributed by atoms with Crippen LogP contribution in [0.5, 0.6) is 5.75 Å².